The molecule has 2 aromatic heterocycles. The highest BCUT2D eigenvalue weighted by Gasteiger charge is 2.28. The maximum absolute atomic E-state index is 11.9. The molecular formula is C24H24N6O3. The van der Waals surface area contributed by atoms with Crippen LogP contribution in [0.15, 0.2) is 36.9 Å². The number of esters is 1. The van der Waals surface area contributed by atoms with Gasteiger partial charge in [-0.3, -0.25) is 9.47 Å². The lowest BCUT2D eigenvalue weighted by Crippen LogP contribution is -2.45. The van der Waals surface area contributed by atoms with Crippen molar-refractivity contribution in [2.75, 3.05) is 26.7 Å². The fourth-order valence-corrected chi connectivity index (χ4v) is 4.53. The van der Waals surface area contributed by atoms with Crippen LogP contribution in [-0.2, 0) is 17.9 Å². The Bertz CT molecular complexity index is 1260. The minimum absolute atomic E-state index is 0.172. The lowest BCUT2D eigenvalue weighted by atomic mass is 9.93. The highest BCUT2D eigenvalue weighted by molar-refractivity contribution is 5.94. The van der Waals surface area contributed by atoms with Gasteiger partial charge in [0.15, 0.2) is 0 Å². The quantitative estimate of drug-likeness (QED) is 0.598. The summed E-state index contributed by atoms with van der Waals surface area (Å²) >= 11 is 0. The van der Waals surface area contributed by atoms with Gasteiger partial charge in [0.25, 0.3) is 0 Å². The minimum atomic E-state index is -0.233. The molecule has 168 valence electrons. The lowest BCUT2D eigenvalue weighted by molar-refractivity contribution is 0.0535. The molecule has 1 fully saturated rings. The van der Waals surface area contributed by atoms with Crippen molar-refractivity contribution in [1.29, 1.82) is 5.26 Å². The predicted octanol–water partition coefficient (Wildman–Crippen LogP) is 2.27. The van der Waals surface area contributed by atoms with Crippen LogP contribution in [0.1, 0.15) is 44.3 Å². The zero-order chi connectivity index (χ0) is 22.9. The molecular weight excluding hydrogens is 420 g/mol. The Morgan fingerprint density at radius 3 is 3.06 bits per heavy atom. The summed E-state index contributed by atoms with van der Waals surface area (Å²) in [6.45, 7) is 5.76. The van der Waals surface area contributed by atoms with Gasteiger partial charge in [-0.1, -0.05) is 6.07 Å². The first-order valence-corrected chi connectivity index (χ1v) is 10.8. The molecule has 33 heavy (non-hydrogen) atoms. The van der Waals surface area contributed by atoms with Crippen LogP contribution in [0.3, 0.4) is 0 Å². The van der Waals surface area contributed by atoms with E-state index >= 15 is 0 Å². The number of aromatic nitrogens is 3. The number of nitrogens with zero attached hydrogens (tertiary/aromatic N) is 5. The molecule has 0 bridgehead atoms. The number of hydrogen-bond donors (Lipinski definition) is 1. The number of carbonyl (C=O) groups excluding carboxylic acids is 1. The van der Waals surface area contributed by atoms with E-state index < -0.39 is 0 Å². The van der Waals surface area contributed by atoms with E-state index in [-0.39, 0.29) is 12.0 Å². The van der Waals surface area contributed by atoms with Crippen molar-refractivity contribution < 1.29 is 14.3 Å². The maximum Gasteiger partial charge on any atom is 0.338 e. The molecule has 1 saturated heterocycles. The zero-order valence-electron chi connectivity index (χ0n) is 18.5. The number of pyridine rings is 1. The van der Waals surface area contributed by atoms with Crippen LogP contribution >= 0.6 is 0 Å². The van der Waals surface area contributed by atoms with Gasteiger partial charge in [-0.25, -0.2) is 14.8 Å². The molecule has 5 rings (SSSR count). The molecule has 1 unspecified atom stereocenters. The number of ether oxygens (including phenoxy) is 2. The second-order valence-corrected chi connectivity index (χ2v) is 8.25. The third-order valence-electron chi connectivity index (χ3n) is 6.32. The van der Waals surface area contributed by atoms with Gasteiger partial charge in [0, 0.05) is 50.0 Å². The van der Waals surface area contributed by atoms with Gasteiger partial charge in [-0.15, -0.1) is 0 Å². The number of imidazole rings is 1. The number of hydrogen-bond acceptors (Lipinski definition) is 8. The Hall–Kier alpha value is -3.74. The molecule has 2 aliphatic rings. The van der Waals surface area contributed by atoms with Crippen LogP contribution in [0.2, 0.25) is 0 Å². The van der Waals surface area contributed by atoms with Crippen molar-refractivity contribution in [2.45, 2.75) is 26.1 Å². The number of nitrogens with one attached hydrogen (secondary N) is 1. The van der Waals surface area contributed by atoms with Gasteiger partial charge in [0.05, 0.1) is 24.6 Å². The summed E-state index contributed by atoms with van der Waals surface area (Å²) in [6, 6.07) is 7.90. The first-order chi connectivity index (χ1) is 16.1. The van der Waals surface area contributed by atoms with Gasteiger partial charge in [0.1, 0.15) is 36.1 Å². The zero-order valence-corrected chi connectivity index (χ0v) is 18.5. The number of nitriles is 1. The van der Waals surface area contributed by atoms with E-state index in [0.717, 1.165) is 36.5 Å². The molecule has 2 aliphatic heterocycles. The summed E-state index contributed by atoms with van der Waals surface area (Å²) in [5.41, 5.74) is 5.35. The Kier molecular flexibility index (Phi) is 5.54. The van der Waals surface area contributed by atoms with Crippen LogP contribution < -0.4 is 10.1 Å². The summed E-state index contributed by atoms with van der Waals surface area (Å²) in [4.78, 5) is 23.1. The van der Waals surface area contributed by atoms with Crippen molar-refractivity contribution >= 4 is 5.97 Å². The van der Waals surface area contributed by atoms with Crippen LogP contribution in [0.4, 0.5) is 0 Å². The molecule has 0 radical (unpaired) electrons. The Morgan fingerprint density at radius 1 is 1.36 bits per heavy atom. The Labute approximate surface area is 191 Å². The average molecular weight is 444 g/mol. The first kappa shape index (κ1) is 21.1. The summed E-state index contributed by atoms with van der Waals surface area (Å²) in [5.74, 6) is 0.899. The van der Waals surface area contributed by atoms with E-state index in [1.807, 2.05) is 22.9 Å². The van der Waals surface area contributed by atoms with E-state index in [2.05, 4.69) is 33.2 Å². The summed E-state index contributed by atoms with van der Waals surface area (Å²) in [7, 11) is 1.54. The molecule has 9 heteroatoms. The molecule has 0 spiro atoms. The average Bonchev–Trinajstić information content (AvgIpc) is 3.46. The first-order valence-electron chi connectivity index (χ1n) is 10.8. The molecule has 0 aliphatic carbocycles. The normalized spacial score (nSPS) is 18.0. The minimum Gasteiger partial charge on any atom is -0.495 e. The molecule has 0 saturated carbocycles. The number of benzene rings is 1. The smallest absolute Gasteiger partial charge is 0.338 e. The number of rotatable bonds is 5. The number of cyclic esters (lactones) is 1. The third-order valence-corrected chi connectivity index (χ3v) is 6.32. The molecule has 0 amide bonds. The number of methoxy groups -OCH3 is 1. The van der Waals surface area contributed by atoms with Gasteiger partial charge in [-0.2, -0.15) is 5.26 Å². The molecule has 4 heterocycles. The highest BCUT2D eigenvalue weighted by Crippen LogP contribution is 2.30. The molecule has 1 N–H and O–H groups in total. The van der Waals surface area contributed by atoms with Crippen molar-refractivity contribution in [3.8, 4) is 17.6 Å². The summed E-state index contributed by atoms with van der Waals surface area (Å²) in [5, 5.41) is 12.8. The molecule has 9 nitrogen and oxygen atoms in total. The predicted molar refractivity (Wildman–Crippen MR) is 119 cm³/mol. The topological polar surface area (TPSA) is 105 Å². The molecule has 1 atom stereocenters. The van der Waals surface area contributed by atoms with Crippen molar-refractivity contribution in [3.05, 3.63) is 70.4 Å². The van der Waals surface area contributed by atoms with Crippen LogP contribution in [0.5, 0.6) is 5.75 Å². The standard InChI is InChI=1S/C24H24N6O3/c1-15-18(3-4-19-20(15)13-33-24(19)31)21-12-29(6-5-26-21)10-17-11-30(14-28-17)23-7-22(32-2)16(8-25)9-27-23/h3-4,7,9,11,14,21,26H,5-6,10,12-13H2,1-2H3. The summed E-state index contributed by atoms with van der Waals surface area (Å²) in [6.07, 6.45) is 5.19. The number of piperazine rings is 1. The van der Waals surface area contributed by atoms with Crippen LogP contribution in [0.25, 0.3) is 5.82 Å². The molecule has 3 aromatic rings. The van der Waals surface area contributed by atoms with Gasteiger partial charge >= 0.3 is 5.97 Å². The number of carbonyl (C=O) groups is 1. The second kappa shape index (κ2) is 8.65. The van der Waals surface area contributed by atoms with Gasteiger partial charge in [0.2, 0.25) is 0 Å². The van der Waals surface area contributed by atoms with Crippen LogP contribution in [-0.4, -0.2) is 52.1 Å². The van der Waals surface area contributed by atoms with E-state index in [1.165, 1.54) is 18.9 Å². The SMILES string of the molecule is COc1cc(-n2cnc(CN3CCNC(c4ccc5c(c4C)COC5=O)C3)c2)ncc1C#N. The Balaban J connectivity index is 1.30. The van der Waals surface area contributed by atoms with Crippen molar-refractivity contribution in [3.63, 3.8) is 0 Å². The van der Waals surface area contributed by atoms with E-state index in [1.54, 1.807) is 12.4 Å². The fourth-order valence-electron chi connectivity index (χ4n) is 4.53. The largest absolute Gasteiger partial charge is 0.495 e. The lowest BCUT2D eigenvalue weighted by Gasteiger charge is -2.34. The van der Waals surface area contributed by atoms with E-state index in [0.29, 0.717) is 35.8 Å². The van der Waals surface area contributed by atoms with Gasteiger partial charge < -0.3 is 14.8 Å². The molecule has 1 aromatic carbocycles. The van der Waals surface area contributed by atoms with Crippen molar-refractivity contribution in [2.24, 2.45) is 0 Å². The fraction of sp³-hybridized carbons (Fsp3) is 0.333. The third kappa shape index (κ3) is 3.95. The Morgan fingerprint density at radius 2 is 2.24 bits per heavy atom. The van der Waals surface area contributed by atoms with Crippen LogP contribution in [0, 0.1) is 18.3 Å². The summed E-state index contributed by atoms with van der Waals surface area (Å²) < 4.78 is 12.3. The number of fused-ring (bicyclic) bond motifs is 1. The van der Waals surface area contributed by atoms with Gasteiger partial charge in [-0.05, 0) is 24.1 Å². The second-order valence-electron chi connectivity index (χ2n) is 8.25. The van der Waals surface area contributed by atoms with E-state index in [9.17, 15) is 4.79 Å². The van der Waals surface area contributed by atoms with Crippen molar-refractivity contribution in [1.82, 2.24) is 24.8 Å². The maximum atomic E-state index is 11.9. The highest BCUT2D eigenvalue weighted by atomic mass is 16.5. The monoisotopic (exact) mass is 444 g/mol. The van der Waals surface area contributed by atoms with E-state index in [4.69, 9.17) is 14.7 Å².